The van der Waals surface area contributed by atoms with E-state index in [9.17, 15) is 9.50 Å². The Morgan fingerprint density at radius 1 is 1.00 bits per heavy atom. The van der Waals surface area contributed by atoms with Crippen LogP contribution in [-0.4, -0.2) is 5.11 Å². The summed E-state index contributed by atoms with van der Waals surface area (Å²) in [6, 6.07) is 9.50. The molecule has 1 atom stereocenters. The summed E-state index contributed by atoms with van der Waals surface area (Å²) in [6.07, 6.45) is -0.682. The van der Waals surface area contributed by atoms with E-state index in [1.807, 2.05) is 0 Å². The maximum atomic E-state index is 13.7. The van der Waals surface area contributed by atoms with Gasteiger partial charge in [-0.15, -0.1) is 0 Å². The minimum atomic E-state index is -0.682. The van der Waals surface area contributed by atoms with Crippen LogP contribution in [0.2, 0.25) is 0 Å². The summed E-state index contributed by atoms with van der Waals surface area (Å²) in [5, 5.41) is 9.83. The average molecular weight is 290 g/mol. The van der Waals surface area contributed by atoms with Crippen LogP contribution in [0.5, 0.6) is 0 Å². The van der Waals surface area contributed by atoms with Gasteiger partial charge in [0.25, 0.3) is 0 Å². The molecule has 0 fully saturated rings. The summed E-state index contributed by atoms with van der Waals surface area (Å²) >= 11 is 1.57. The predicted octanol–water partition coefficient (Wildman–Crippen LogP) is 4.96. The molecule has 0 bridgehead atoms. The van der Waals surface area contributed by atoms with Gasteiger partial charge in [0.2, 0.25) is 0 Å². The van der Waals surface area contributed by atoms with Crippen molar-refractivity contribution in [3.8, 4) is 0 Å². The smallest absolute Gasteiger partial charge is 0.126 e. The number of hydrogen-bond acceptors (Lipinski definition) is 2. The molecule has 0 aliphatic heterocycles. The first-order valence-electron chi connectivity index (χ1n) is 6.61. The van der Waals surface area contributed by atoms with Crippen LogP contribution < -0.4 is 0 Å². The number of aliphatic hydroxyl groups is 1. The molecule has 0 heterocycles. The van der Waals surface area contributed by atoms with Crippen molar-refractivity contribution in [2.24, 2.45) is 0 Å². The lowest BCUT2D eigenvalue weighted by atomic mass is 10.1. The highest BCUT2D eigenvalue weighted by Gasteiger charge is 2.13. The average Bonchev–Trinajstić information content (AvgIpc) is 2.36. The molecule has 2 aromatic carbocycles. The van der Waals surface area contributed by atoms with E-state index in [0.717, 1.165) is 9.79 Å². The number of hydrogen-bond donors (Lipinski definition) is 1. The molecule has 0 amide bonds. The van der Waals surface area contributed by atoms with Crippen molar-refractivity contribution in [2.75, 3.05) is 0 Å². The highest BCUT2D eigenvalue weighted by Crippen LogP contribution is 2.36. The largest absolute Gasteiger partial charge is 0.389 e. The molecule has 3 heteroatoms. The van der Waals surface area contributed by atoms with Crippen LogP contribution >= 0.6 is 11.8 Å². The first-order valence-corrected chi connectivity index (χ1v) is 7.43. The third-order valence-corrected chi connectivity index (χ3v) is 4.54. The van der Waals surface area contributed by atoms with Crippen LogP contribution in [-0.2, 0) is 0 Å². The molecular formula is C17H19FOS. The molecule has 0 aliphatic rings. The van der Waals surface area contributed by atoms with Crippen molar-refractivity contribution in [1.82, 2.24) is 0 Å². The normalized spacial score (nSPS) is 12.5. The van der Waals surface area contributed by atoms with E-state index in [1.165, 1.54) is 17.2 Å². The van der Waals surface area contributed by atoms with Crippen LogP contribution in [0.15, 0.2) is 40.1 Å². The second-order valence-corrected chi connectivity index (χ2v) is 6.27. The number of aryl methyl sites for hydroxylation is 3. The van der Waals surface area contributed by atoms with Gasteiger partial charge in [-0.05, 0) is 62.6 Å². The SMILES string of the molecule is Cc1ccc(Sc2cc(C)c(F)cc2C(C)O)c(C)c1. The maximum Gasteiger partial charge on any atom is 0.126 e. The Balaban J connectivity index is 2.44. The predicted molar refractivity (Wildman–Crippen MR) is 81.8 cm³/mol. The lowest BCUT2D eigenvalue weighted by molar-refractivity contribution is 0.196. The van der Waals surface area contributed by atoms with E-state index in [-0.39, 0.29) is 5.82 Å². The number of aliphatic hydroxyl groups excluding tert-OH is 1. The Morgan fingerprint density at radius 2 is 1.70 bits per heavy atom. The van der Waals surface area contributed by atoms with Gasteiger partial charge < -0.3 is 5.11 Å². The van der Waals surface area contributed by atoms with Gasteiger partial charge >= 0.3 is 0 Å². The zero-order valence-corrected chi connectivity index (χ0v) is 13.0. The monoisotopic (exact) mass is 290 g/mol. The molecule has 2 rings (SSSR count). The Bertz CT molecular complexity index is 635. The van der Waals surface area contributed by atoms with Crippen molar-refractivity contribution in [3.05, 3.63) is 58.4 Å². The third-order valence-electron chi connectivity index (χ3n) is 3.29. The van der Waals surface area contributed by atoms with Crippen molar-refractivity contribution < 1.29 is 9.50 Å². The first-order chi connectivity index (χ1) is 9.38. The van der Waals surface area contributed by atoms with Gasteiger partial charge in [-0.3, -0.25) is 0 Å². The highest BCUT2D eigenvalue weighted by molar-refractivity contribution is 7.99. The lowest BCUT2D eigenvalue weighted by Crippen LogP contribution is -1.97. The summed E-state index contributed by atoms with van der Waals surface area (Å²) in [5.41, 5.74) is 3.64. The van der Waals surface area contributed by atoms with Gasteiger partial charge in [0.05, 0.1) is 6.10 Å². The number of halogens is 1. The summed E-state index contributed by atoms with van der Waals surface area (Å²) in [4.78, 5) is 2.04. The van der Waals surface area contributed by atoms with E-state index in [4.69, 9.17) is 0 Å². The van der Waals surface area contributed by atoms with Crippen LogP contribution in [0.1, 0.15) is 35.3 Å². The minimum absolute atomic E-state index is 0.272. The topological polar surface area (TPSA) is 20.2 Å². The van der Waals surface area contributed by atoms with Gasteiger partial charge in [0.15, 0.2) is 0 Å². The van der Waals surface area contributed by atoms with Crippen molar-refractivity contribution in [1.29, 1.82) is 0 Å². The molecule has 0 aromatic heterocycles. The van der Waals surface area contributed by atoms with Crippen LogP contribution in [0.4, 0.5) is 4.39 Å². The van der Waals surface area contributed by atoms with Crippen LogP contribution in [0.25, 0.3) is 0 Å². The second-order valence-electron chi connectivity index (χ2n) is 5.19. The third kappa shape index (κ3) is 3.22. The minimum Gasteiger partial charge on any atom is -0.389 e. The zero-order valence-electron chi connectivity index (χ0n) is 12.2. The zero-order chi connectivity index (χ0) is 14.9. The standard InChI is InChI=1S/C17H19FOS/c1-10-5-6-16(12(3)7-10)20-17-8-11(2)15(18)9-14(17)13(4)19/h5-9,13,19H,1-4H3. The van der Waals surface area contributed by atoms with E-state index in [1.54, 1.807) is 31.7 Å². The Morgan fingerprint density at radius 3 is 2.30 bits per heavy atom. The molecule has 20 heavy (non-hydrogen) atoms. The molecule has 0 saturated heterocycles. The number of rotatable bonds is 3. The van der Waals surface area contributed by atoms with E-state index in [0.29, 0.717) is 11.1 Å². The molecule has 0 radical (unpaired) electrons. The molecule has 0 saturated carbocycles. The molecule has 0 spiro atoms. The van der Waals surface area contributed by atoms with Crippen molar-refractivity contribution in [3.63, 3.8) is 0 Å². The van der Waals surface area contributed by atoms with Gasteiger partial charge in [-0.25, -0.2) is 4.39 Å². The molecule has 0 aliphatic carbocycles. The van der Waals surface area contributed by atoms with Crippen molar-refractivity contribution in [2.45, 2.75) is 43.6 Å². The van der Waals surface area contributed by atoms with Gasteiger partial charge in [0.1, 0.15) is 5.82 Å². The quantitative estimate of drug-likeness (QED) is 0.862. The van der Waals surface area contributed by atoms with Crippen LogP contribution in [0, 0.1) is 26.6 Å². The maximum absolute atomic E-state index is 13.7. The summed E-state index contributed by atoms with van der Waals surface area (Å²) in [6.45, 7) is 7.53. The summed E-state index contributed by atoms with van der Waals surface area (Å²) < 4.78 is 13.7. The van der Waals surface area contributed by atoms with Crippen molar-refractivity contribution >= 4 is 11.8 Å². The van der Waals surface area contributed by atoms with E-state index >= 15 is 0 Å². The van der Waals surface area contributed by atoms with Gasteiger partial charge in [-0.1, -0.05) is 29.5 Å². The van der Waals surface area contributed by atoms with Crippen LogP contribution in [0.3, 0.4) is 0 Å². The molecule has 1 unspecified atom stereocenters. The van der Waals surface area contributed by atoms with E-state index in [2.05, 4.69) is 32.0 Å². The number of benzene rings is 2. The Kier molecular flexibility index (Phi) is 4.51. The molecule has 106 valence electrons. The summed E-state index contributed by atoms with van der Waals surface area (Å²) in [5.74, 6) is -0.272. The molecule has 1 nitrogen and oxygen atoms in total. The van der Waals surface area contributed by atoms with Gasteiger partial charge in [0, 0.05) is 9.79 Å². The first kappa shape index (κ1) is 15.1. The Hall–Kier alpha value is -1.32. The summed E-state index contributed by atoms with van der Waals surface area (Å²) in [7, 11) is 0. The second kappa shape index (κ2) is 5.98. The fraction of sp³-hybridized carbons (Fsp3) is 0.294. The molecule has 1 N–H and O–H groups in total. The van der Waals surface area contributed by atoms with E-state index < -0.39 is 6.10 Å². The molecular weight excluding hydrogens is 271 g/mol. The fourth-order valence-corrected chi connectivity index (χ4v) is 3.29. The molecule has 2 aromatic rings. The lowest BCUT2D eigenvalue weighted by Gasteiger charge is -2.14. The fourth-order valence-electron chi connectivity index (χ4n) is 2.12. The highest BCUT2D eigenvalue weighted by atomic mass is 32.2. The van der Waals surface area contributed by atoms with Gasteiger partial charge in [-0.2, -0.15) is 0 Å². The Labute approximate surface area is 123 Å².